The lowest BCUT2D eigenvalue weighted by atomic mass is 9.78. The van der Waals surface area contributed by atoms with E-state index in [1.807, 2.05) is 6.92 Å². The molecular formula is C42H49N5O12. The second-order valence-corrected chi connectivity index (χ2v) is 15.8. The summed E-state index contributed by atoms with van der Waals surface area (Å²) in [4.78, 5) is 97.8. The molecule has 2 fully saturated rings. The van der Waals surface area contributed by atoms with Gasteiger partial charge in [-0.15, -0.1) is 0 Å². The van der Waals surface area contributed by atoms with Crippen LogP contribution in [-0.2, 0) is 53.9 Å². The van der Waals surface area contributed by atoms with Gasteiger partial charge >= 0.3 is 24.0 Å². The van der Waals surface area contributed by atoms with Gasteiger partial charge in [-0.1, -0.05) is 26.7 Å². The number of pyridine rings is 2. The van der Waals surface area contributed by atoms with E-state index in [0.717, 1.165) is 29.4 Å². The lowest BCUT2D eigenvalue weighted by Gasteiger charge is -2.36. The van der Waals surface area contributed by atoms with Gasteiger partial charge in [0.15, 0.2) is 11.0 Å². The number of aryl methyl sites for hydroxylation is 1. The number of carboxylic acids is 2. The summed E-state index contributed by atoms with van der Waals surface area (Å²) in [6.07, 6.45) is 3.28. The SMILES string of the molecule is CCc1c2c(nc3ccc(OC(=O)N4CCN(C(=O)CCCCCCC(=O)N5CCC(C(=O)O)(C(=O)O)CC5)CC4)cc13)-c1cc3c(c(=O)n1C2)COC(=O)[C@]3(O)CC. The first-order valence-corrected chi connectivity index (χ1v) is 20.3. The molecule has 0 radical (unpaired) electrons. The monoisotopic (exact) mass is 815 g/mol. The van der Waals surface area contributed by atoms with Crippen LogP contribution in [0.25, 0.3) is 22.3 Å². The van der Waals surface area contributed by atoms with Crippen LogP contribution in [0.4, 0.5) is 4.79 Å². The minimum Gasteiger partial charge on any atom is -0.480 e. The normalized spacial score (nSPS) is 19.4. The predicted molar refractivity (Wildman–Crippen MR) is 209 cm³/mol. The molecule has 3 aromatic rings. The van der Waals surface area contributed by atoms with Crippen molar-refractivity contribution >= 4 is 46.7 Å². The van der Waals surface area contributed by atoms with Crippen LogP contribution in [0.15, 0.2) is 29.1 Å². The van der Waals surface area contributed by atoms with E-state index in [0.29, 0.717) is 74.5 Å². The fraction of sp³-hybridized carbons (Fsp3) is 0.524. The van der Waals surface area contributed by atoms with Crippen molar-refractivity contribution in [3.8, 4) is 17.1 Å². The number of piperidine rings is 1. The number of hydrogen-bond donors (Lipinski definition) is 3. The fourth-order valence-corrected chi connectivity index (χ4v) is 8.79. The highest BCUT2D eigenvalue weighted by molar-refractivity contribution is 5.98. The van der Waals surface area contributed by atoms with Gasteiger partial charge in [0.25, 0.3) is 5.56 Å². The Kier molecular flexibility index (Phi) is 11.5. The van der Waals surface area contributed by atoms with Gasteiger partial charge in [-0.25, -0.2) is 14.6 Å². The van der Waals surface area contributed by atoms with E-state index in [9.17, 15) is 48.9 Å². The molecule has 0 aliphatic carbocycles. The molecule has 2 aromatic heterocycles. The number of carbonyl (C=O) groups excluding carboxylic acids is 4. The molecule has 59 heavy (non-hydrogen) atoms. The minimum absolute atomic E-state index is 0.00290. The molecule has 7 rings (SSSR count). The Morgan fingerprint density at radius 1 is 0.814 bits per heavy atom. The number of benzene rings is 1. The highest BCUT2D eigenvalue weighted by Crippen LogP contribution is 2.41. The number of ether oxygens (including phenoxy) is 2. The Morgan fingerprint density at radius 3 is 2.02 bits per heavy atom. The third-order valence-electron chi connectivity index (χ3n) is 12.5. The maximum Gasteiger partial charge on any atom is 0.415 e. The van der Waals surface area contributed by atoms with Crippen LogP contribution in [0.2, 0.25) is 0 Å². The van der Waals surface area contributed by atoms with Crippen molar-refractivity contribution < 1.29 is 53.6 Å². The molecule has 0 bridgehead atoms. The van der Waals surface area contributed by atoms with E-state index in [1.165, 1.54) is 4.90 Å². The number of cyclic esters (lactones) is 1. The average Bonchev–Trinajstić information content (AvgIpc) is 3.60. The largest absolute Gasteiger partial charge is 0.480 e. The van der Waals surface area contributed by atoms with Crippen LogP contribution in [0, 0.1) is 5.41 Å². The van der Waals surface area contributed by atoms with Crippen LogP contribution in [0.3, 0.4) is 0 Å². The van der Waals surface area contributed by atoms with Crippen molar-refractivity contribution in [2.24, 2.45) is 5.41 Å². The molecular weight excluding hydrogens is 766 g/mol. The summed E-state index contributed by atoms with van der Waals surface area (Å²) in [6.45, 7) is 5.26. The second-order valence-electron chi connectivity index (χ2n) is 15.8. The first kappa shape index (κ1) is 41.3. The predicted octanol–water partition coefficient (Wildman–Crippen LogP) is 3.40. The highest BCUT2D eigenvalue weighted by Gasteiger charge is 2.49. The first-order valence-electron chi connectivity index (χ1n) is 20.3. The fourth-order valence-electron chi connectivity index (χ4n) is 8.79. The number of likely N-dealkylation sites (tertiary alicyclic amines) is 1. The number of aliphatic hydroxyl groups is 1. The molecule has 2 saturated heterocycles. The van der Waals surface area contributed by atoms with Gasteiger partial charge in [-0.3, -0.25) is 24.0 Å². The van der Waals surface area contributed by atoms with Gasteiger partial charge in [-0.2, -0.15) is 0 Å². The summed E-state index contributed by atoms with van der Waals surface area (Å²) in [7, 11) is 0. The van der Waals surface area contributed by atoms with E-state index >= 15 is 0 Å². The lowest BCUT2D eigenvalue weighted by Crippen LogP contribution is -2.51. The zero-order chi connectivity index (χ0) is 42.2. The summed E-state index contributed by atoms with van der Waals surface area (Å²) in [5.41, 5.74) is -0.0553. The molecule has 0 unspecified atom stereocenters. The molecule has 17 heteroatoms. The van der Waals surface area contributed by atoms with Crippen molar-refractivity contribution in [3.63, 3.8) is 0 Å². The van der Waals surface area contributed by atoms with E-state index in [4.69, 9.17) is 14.5 Å². The third-order valence-corrected chi connectivity index (χ3v) is 12.5. The number of fused-ring (bicyclic) bond motifs is 5. The molecule has 314 valence electrons. The van der Waals surface area contributed by atoms with Crippen LogP contribution in [-0.4, -0.2) is 115 Å². The quantitative estimate of drug-likeness (QED) is 0.106. The number of unbranched alkanes of at least 4 members (excludes halogenated alkanes) is 3. The van der Waals surface area contributed by atoms with Crippen molar-refractivity contribution in [2.45, 2.75) is 96.8 Å². The molecule has 0 saturated carbocycles. The summed E-state index contributed by atoms with van der Waals surface area (Å²) in [6, 6.07) is 6.88. The van der Waals surface area contributed by atoms with Gasteiger partial charge in [0.2, 0.25) is 11.8 Å². The summed E-state index contributed by atoms with van der Waals surface area (Å²) in [5.74, 6) is -3.32. The summed E-state index contributed by atoms with van der Waals surface area (Å²) >= 11 is 0. The van der Waals surface area contributed by atoms with Gasteiger partial charge in [-0.05, 0) is 68.4 Å². The smallest absolute Gasteiger partial charge is 0.415 e. The third kappa shape index (κ3) is 7.51. The molecule has 1 aromatic carbocycles. The average molecular weight is 816 g/mol. The number of aliphatic carboxylic acids is 2. The number of hydrogen-bond acceptors (Lipinski definition) is 11. The minimum atomic E-state index is -1.92. The van der Waals surface area contributed by atoms with Crippen LogP contribution >= 0.6 is 0 Å². The molecule has 4 aliphatic rings. The Morgan fingerprint density at radius 2 is 1.42 bits per heavy atom. The number of rotatable bonds is 12. The van der Waals surface area contributed by atoms with Crippen molar-refractivity contribution in [1.29, 1.82) is 0 Å². The first-order chi connectivity index (χ1) is 28.2. The zero-order valence-corrected chi connectivity index (χ0v) is 33.3. The number of carbonyl (C=O) groups is 6. The Bertz CT molecular complexity index is 2270. The van der Waals surface area contributed by atoms with Crippen LogP contribution < -0.4 is 10.3 Å². The summed E-state index contributed by atoms with van der Waals surface area (Å²) in [5, 5.41) is 30.7. The van der Waals surface area contributed by atoms with Crippen LogP contribution in [0.5, 0.6) is 5.75 Å². The van der Waals surface area contributed by atoms with Crippen molar-refractivity contribution in [2.75, 3.05) is 39.3 Å². The molecule has 3 amide bonds. The molecule has 17 nitrogen and oxygen atoms in total. The highest BCUT2D eigenvalue weighted by atomic mass is 16.6. The van der Waals surface area contributed by atoms with Gasteiger partial charge in [0.1, 0.15) is 12.4 Å². The number of carboxylic acid groups (broad SMARTS) is 2. The molecule has 1 atom stereocenters. The van der Waals surface area contributed by atoms with Crippen LogP contribution in [0.1, 0.15) is 93.9 Å². The van der Waals surface area contributed by atoms with E-state index in [2.05, 4.69) is 0 Å². The molecule has 3 N–H and O–H groups in total. The number of nitrogens with zero attached hydrogens (tertiary/aromatic N) is 5. The number of esters is 1. The van der Waals surface area contributed by atoms with Gasteiger partial charge in [0, 0.05) is 68.6 Å². The Balaban J connectivity index is 0.884. The standard InChI is InChI=1S/C42H49N5O12/c1-3-26-27-21-25(11-12-31(27)43-35-28(26)23-47-32(35)22-30-29(36(47)50)24-58-39(55)42(30,57)4-2)59-40(56)46-19-17-45(18-20-46)34(49)10-8-6-5-7-9-33(48)44-15-13-41(14-16-44,37(51)52)38(53)54/h11-12,21-22,57H,3-10,13-20,23-24H2,1-2H3,(H,51,52)(H,53,54)/t42-/m0/s1. The molecule has 6 heterocycles. The number of piperazine rings is 1. The summed E-state index contributed by atoms with van der Waals surface area (Å²) < 4.78 is 12.6. The second kappa shape index (κ2) is 16.4. The Hall–Kier alpha value is -5.84. The zero-order valence-electron chi connectivity index (χ0n) is 33.3. The van der Waals surface area contributed by atoms with Crippen molar-refractivity contribution in [3.05, 3.63) is 56.9 Å². The molecule has 0 spiro atoms. The lowest BCUT2D eigenvalue weighted by molar-refractivity contribution is -0.172. The topological polar surface area (TPSA) is 226 Å². The van der Waals surface area contributed by atoms with Gasteiger partial charge < -0.3 is 44.1 Å². The Labute approximate surface area is 339 Å². The van der Waals surface area contributed by atoms with Gasteiger partial charge in [0.05, 0.1) is 29.0 Å². The van der Waals surface area contributed by atoms with E-state index in [-0.39, 0.29) is 80.4 Å². The van der Waals surface area contributed by atoms with E-state index in [1.54, 1.807) is 45.6 Å². The maximum absolute atomic E-state index is 13.7. The molecule has 4 aliphatic heterocycles. The van der Waals surface area contributed by atoms with E-state index < -0.39 is 35.0 Å². The number of amides is 3. The number of aromatic nitrogens is 2. The van der Waals surface area contributed by atoms with Crippen molar-refractivity contribution in [1.82, 2.24) is 24.3 Å². The maximum atomic E-state index is 13.7.